The van der Waals surface area contributed by atoms with E-state index in [0.29, 0.717) is 31.0 Å². The van der Waals surface area contributed by atoms with Crippen LogP contribution in [-0.4, -0.2) is 66.7 Å². The minimum absolute atomic E-state index is 0.0209. The number of carbonyl (C=O) groups is 1. The van der Waals surface area contributed by atoms with Crippen molar-refractivity contribution in [3.05, 3.63) is 47.5 Å². The topological polar surface area (TPSA) is 106 Å². The summed E-state index contributed by atoms with van der Waals surface area (Å²) in [5.41, 5.74) is 7.17. The van der Waals surface area contributed by atoms with Gasteiger partial charge in [-0.3, -0.25) is 4.79 Å². The van der Waals surface area contributed by atoms with E-state index in [2.05, 4.69) is 15.3 Å². The number of nitrogens with zero attached hydrogens (tertiary/aromatic N) is 4. The van der Waals surface area contributed by atoms with Crippen molar-refractivity contribution in [1.29, 1.82) is 0 Å². The fourth-order valence-corrected chi connectivity index (χ4v) is 5.59. The van der Waals surface area contributed by atoms with Crippen molar-refractivity contribution in [1.82, 2.24) is 20.2 Å². The summed E-state index contributed by atoms with van der Waals surface area (Å²) < 4.78 is 39.1. The number of piperazine rings is 1. The summed E-state index contributed by atoms with van der Waals surface area (Å²) in [4.78, 5) is 26.4. The molecule has 1 aromatic heterocycles. The van der Waals surface area contributed by atoms with Crippen molar-refractivity contribution < 1.29 is 23.0 Å². The number of fused-ring (bicyclic) bond motifs is 4. The lowest BCUT2D eigenvalue weighted by molar-refractivity contribution is -0.137. The summed E-state index contributed by atoms with van der Waals surface area (Å²) in [6, 6.07) is 7.56. The zero-order valence-electron chi connectivity index (χ0n) is 21.7. The Morgan fingerprint density at radius 1 is 1.13 bits per heavy atom. The molecule has 2 bridgehead atoms. The number of halogens is 2. The Morgan fingerprint density at radius 2 is 1.87 bits per heavy atom. The predicted molar refractivity (Wildman–Crippen MR) is 140 cm³/mol. The van der Waals surface area contributed by atoms with E-state index in [-0.39, 0.29) is 59.1 Å². The average molecular weight is 527 g/mol. The highest BCUT2D eigenvalue weighted by atomic mass is 19.1. The van der Waals surface area contributed by atoms with Crippen LogP contribution in [0.3, 0.4) is 0 Å². The van der Waals surface area contributed by atoms with Gasteiger partial charge in [0.2, 0.25) is 11.9 Å². The molecule has 0 saturated carbocycles. The molecule has 9 nitrogen and oxygen atoms in total. The molecule has 2 aromatic carbocycles. The van der Waals surface area contributed by atoms with E-state index in [0.717, 1.165) is 18.4 Å². The molecule has 3 N–H and O–H groups in total. The fourth-order valence-electron chi connectivity index (χ4n) is 5.59. The van der Waals surface area contributed by atoms with Crippen LogP contribution in [0.25, 0.3) is 10.9 Å². The fraction of sp³-hybridized carbons (Fsp3) is 0.444. The molecule has 3 atom stereocenters. The van der Waals surface area contributed by atoms with Crippen LogP contribution >= 0.6 is 0 Å². The smallest absolute Gasteiger partial charge is 0.228 e. The number of benzene rings is 2. The number of carbonyl (C=O) groups excluding carboxylic acids is 1. The van der Waals surface area contributed by atoms with Gasteiger partial charge in [-0.1, -0.05) is 19.1 Å². The van der Waals surface area contributed by atoms with E-state index in [1.54, 1.807) is 18.2 Å². The minimum atomic E-state index is -0.661. The highest BCUT2D eigenvalue weighted by molar-refractivity contribution is 5.92. The molecule has 1 amide bonds. The summed E-state index contributed by atoms with van der Waals surface area (Å²) in [7, 11) is 2.79. The van der Waals surface area contributed by atoms with Crippen molar-refractivity contribution in [2.45, 2.75) is 44.3 Å². The zero-order valence-corrected chi connectivity index (χ0v) is 21.7. The Kier molecular flexibility index (Phi) is 7.20. The molecule has 3 aromatic rings. The van der Waals surface area contributed by atoms with Gasteiger partial charge in [-0.2, -0.15) is 4.98 Å². The lowest BCUT2D eigenvalue weighted by atomic mass is 9.90. The summed E-state index contributed by atoms with van der Waals surface area (Å²) in [5, 5.41) is 3.69. The molecule has 11 heteroatoms. The minimum Gasteiger partial charge on any atom is -0.493 e. The van der Waals surface area contributed by atoms with Crippen LogP contribution in [-0.2, 0) is 4.79 Å². The SMILES string of the molecule is CCNC(CC(=O)N1CC2CCC1CN2c1nc(N)c2cc(OC)c(OC)c(F)c2n1)c1ccc(F)cc1. The standard InChI is InChI=1S/C27H32F2N6O3/c1-4-31-20(15-5-7-16(28)8-6-15)12-22(36)34-13-18-10-9-17(34)14-35(18)27-32-24-19(26(30)33-27)11-21(37-2)25(38-3)23(24)29/h5-8,11,17-18,20,31H,4,9-10,12-14H2,1-3H3,(H2,30,32,33). The molecule has 3 saturated heterocycles. The number of rotatable bonds is 8. The normalized spacial score (nSPS) is 19.6. The van der Waals surface area contributed by atoms with Crippen LogP contribution in [0.4, 0.5) is 20.5 Å². The first-order chi connectivity index (χ1) is 18.3. The number of aromatic nitrogens is 2. The first-order valence-corrected chi connectivity index (χ1v) is 12.8. The molecular formula is C27H32F2N6O3. The van der Waals surface area contributed by atoms with Crippen molar-refractivity contribution >= 4 is 28.6 Å². The maximum absolute atomic E-state index is 15.3. The molecule has 3 aliphatic heterocycles. The van der Waals surface area contributed by atoms with Crippen LogP contribution in [0.1, 0.15) is 37.8 Å². The number of hydrogen-bond acceptors (Lipinski definition) is 8. The summed E-state index contributed by atoms with van der Waals surface area (Å²) >= 11 is 0. The van der Waals surface area contributed by atoms with E-state index in [4.69, 9.17) is 15.2 Å². The van der Waals surface area contributed by atoms with Crippen molar-refractivity contribution in [2.75, 3.05) is 44.5 Å². The number of hydrogen-bond donors (Lipinski definition) is 2. The molecule has 3 aliphatic rings. The number of ether oxygens (including phenoxy) is 2. The van der Waals surface area contributed by atoms with Gasteiger partial charge in [0, 0.05) is 43.0 Å². The number of methoxy groups -OCH3 is 2. The van der Waals surface area contributed by atoms with Crippen LogP contribution < -0.4 is 25.4 Å². The molecule has 38 heavy (non-hydrogen) atoms. The molecule has 4 heterocycles. The molecule has 202 valence electrons. The number of nitrogen functional groups attached to an aromatic ring is 1. The van der Waals surface area contributed by atoms with Gasteiger partial charge in [0.15, 0.2) is 17.3 Å². The second-order valence-corrected chi connectivity index (χ2v) is 9.68. The Hall–Kier alpha value is -3.73. The maximum Gasteiger partial charge on any atom is 0.228 e. The number of piperidine rings is 2. The summed E-state index contributed by atoms with van der Waals surface area (Å²) in [6.07, 6.45) is 1.99. The van der Waals surface area contributed by atoms with Crippen LogP contribution in [0.5, 0.6) is 11.5 Å². The molecule has 0 radical (unpaired) electrons. The average Bonchev–Trinajstić information content (AvgIpc) is 2.93. The molecule has 0 spiro atoms. The van der Waals surface area contributed by atoms with Gasteiger partial charge < -0.3 is 30.3 Å². The first-order valence-electron chi connectivity index (χ1n) is 12.8. The van der Waals surface area contributed by atoms with Crippen molar-refractivity contribution in [3.8, 4) is 11.5 Å². The van der Waals surface area contributed by atoms with Gasteiger partial charge in [0.05, 0.1) is 14.2 Å². The highest BCUT2D eigenvalue weighted by Crippen LogP contribution is 2.39. The van der Waals surface area contributed by atoms with Gasteiger partial charge in [-0.05, 0) is 43.1 Å². The van der Waals surface area contributed by atoms with Gasteiger partial charge in [-0.15, -0.1) is 0 Å². The molecule has 3 unspecified atom stereocenters. The Balaban J connectivity index is 1.37. The lowest BCUT2D eigenvalue weighted by Gasteiger charge is -2.51. The van der Waals surface area contributed by atoms with Gasteiger partial charge in [-0.25, -0.2) is 13.8 Å². The third-order valence-corrected chi connectivity index (χ3v) is 7.50. The molecule has 6 rings (SSSR count). The van der Waals surface area contributed by atoms with Crippen LogP contribution in [0.2, 0.25) is 0 Å². The molecule has 0 aliphatic carbocycles. The first kappa shape index (κ1) is 25.9. The third-order valence-electron chi connectivity index (χ3n) is 7.50. The largest absolute Gasteiger partial charge is 0.493 e. The van der Waals surface area contributed by atoms with Crippen LogP contribution in [0.15, 0.2) is 30.3 Å². The number of nitrogens with one attached hydrogen (secondary N) is 1. The van der Waals surface area contributed by atoms with E-state index in [1.807, 2.05) is 16.7 Å². The Morgan fingerprint density at radius 3 is 2.50 bits per heavy atom. The van der Waals surface area contributed by atoms with Crippen LogP contribution in [0, 0.1) is 11.6 Å². The van der Waals surface area contributed by atoms with Crippen molar-refractivity contribution in [3.63, 3.8) is 0 Å². The highest BCUT2D eigenvalue weighted by Gasteiger charge is 2.42. The van der Waals surface area contributed by atoms with Gasteiger partial charge >= 0.3 is 0 Å². The second-order valence-electron chi connectivity index (χ2n) is 9.68. The predicted octanol–water partition coefficient (Wildman–Crippen LogP) is 3.43. The summed E-state index contributed by atoms with van der Waals surface area (Å²) in [5.74, 6) is -0.284. The number of amides is 1. The second kappa shape index (κ2) is 10.6. The molecular weight excluding hydrogens is 494 g/mol. The Bertz CT molecular complexity index is 1340. The number of anilines is 2. The zero-order chi connectivity index (χ0) is 27.0. The number of nitrogens with two attached hydrogens (primary N) is 1. The quantitative estimate of drug-likeness (QED) is 0.460. The lowest BCUT2D eigenvalue weighted by Crippen LogP contribution is -2.64. The van der Waals surface area contributed by atoms with E-state index >= 15 is 4.39 Å². The van der Waals surface area contributed by atoms with Gasteiger partial charge in [0.25, 0.3) is 0 Å². The summed E-state index contributed by atoms with van der Waals surface area (Å²) in [6.45, 7) is 3.70. The maximum atomic E-state index is 15.3. The molecule has 3 fully saturated rings. The van der Waals surface area contributed by atoms with E-state index in [1.165, 1.54) is 26.4 Å². The monoisotopic (exact) mass is 526 g/mol. The van der Waals surface area contributed by atoms with Crippen molar-refractivity contribution in [2.24, 2.45) is 0 Å². The van der Waals surface area contributed by atoms with Gasteiger partial charge in [0.1, 0.15) is 17.2 Å². The third kappa shape index (κ3) is 4.66. The van der Waals surface area contributed by atoms with E-state index in [9.17, 15) is 9.18 Å². The Labute approximate surface area is 219 Å². The van der Waals surface area contributed by atoms with E-state index < -0.39 is 5.82 Å².